The Bertz CT molecular complexity index is 1190. The molecule has 1 unspecified atom stereocenters. The van der Waals surface area contributed by atoms with E-state index in [9.17, 15) is 4.79 Å². The van der Waals surface area contributed by atoms with Crippen LogP contribution in [0.2, 0.25) is 0 Å². The molecule has 2 aromatic heterocycles. The highest BCUT2D eigenvalue weighted by Gasteiger charge is 2.32. The topological polar surface area (TPSA) is 83.1 Å². The first-order valence-corrected chi connectivity index (χ1v) is 11.7. The van der Waals surface area contributed by atoms with Crippen molar-refractivity contribution in [3.8, 4) is 5.75 Å². The standard InChI is InChI=1S/C24H25N5O2S/c30-24(25-13-12-17-15-26-20-10-5-4-9-19(17)20)29-14-6-11-21(29)23-28-27-22(32-23)16-31-18-7-2-1-3-8-18/h1-5,7-10,15,21,26H,6,11-14,16H2,(H,25,30). The van der Waals surface area contributed by atoms with Crippen LogP contribution < -0.4 is 10.1 Å². The summed E-state index contributed by atoms with van der Waals surface area (Å²) in [5.41, 5.74) is 2.34. The summed E-state index contributed by atoms with van der Waals surface area (Å²) in [6.07, 6.45) is 4.68. The van der Waals surface area contributed by atoms with Gasteiger partial charge in [0.2, 0.25) is 0 Å². The molecule has 0 radical (unpaired) electrons. The van der Waals surface area contributed by atoms with E-state index in [0.717, 1.165) is 47.1 Å². The molecule has 1 fully saturated rings. The maximum Gasteiger partial charge on any atom is 0.318 e. The summed E-state index contributed by atoms with van der Waals surface area (Å²) in [7, 11) is 0. The Morgan fingerprint density at radius 3 is 2.91 bits per heavy atom. The molecule has 0 aliphatic carbocycles. The van der Waals surface area contributed by atoms with E-state index in [0.29, 0.717) is 13.2 Å². The lowest BCUT2D eigenvalue weighted by atomic mass is 10.1. The number of carbonyl (C=O) groups excluding carboxylic acids is 1. The third-order valence-electron chi connectivity index (χ3n) is 5.73. The molecule has 3 heterocycles. The van der Waals surface area contributed by atoms with E-state index < -0.39 is 0 Å². The van der Waals surface area contributed by atoms with Gasteiger partial charge < -0.3 is 19.9 Å². The highest BCUT2D eigenvalue weighted by atomic mass is 32.1. The van der Waals surface area contributed by atoms with Gasteiger partial charge in [-0.3, -0.25) is 0 Å². The van der Waals surface area contributed by atoms with Gasteiger partial charge in [0, 0.05) is 30.2 Å². The molecule has 0 spiro atoms. The van der Waals surface area contributed by atoms with Gasteiger partial charge in [0.1, 0.15) is 17.4 Å². The number of nitrogens with zero attached hydrogens (tertiary/aromatic N) is 3. The predicted molar refractivity (Wildman–Crippen MR) is 125 cm³/mol. The monoisotopic (exact) mass is 447 g/mol. The van der Waals surface area contributed by atoms with E-state index in [-0.39, 0.29) is 12.1 Å². The molecule has 0 bridgehead atoms. The molecule has 7 nitrogen and oxygen atoms in total. The van der Waals surface area contributed by atoms with E-state index in [1.54, 1.807) is 0 Å². The minimum Gasteiger partial charge on any atom is -0.486 e. The average Bonchev–Trinajstić information content (AvgIpc) is 3.58. The normalized spacial score (nSPS) is 15.9. The first-order chi connectivity index (χ1) is 15.8. The number of nitrogens with one attached hydrogen (secondary N) is 2. The molecule has 164 valence electrons. The number of likely N-dealkylation sites (tertiary alicyclic amines) is 1. The van der Waals surface area contributed by atoms with Crippen LogP contribution in [0.4, 0.5) is 4.79 Å². The highest BCUT2D eigenvalue weighted by molar-refractivity contribution is 7.11. The van der Waals surface area contributed by atoms with Gasteiger partial charge in [-0.1, -0.05) is 47.7 Å². The average molecular weight is 448 g/mol. The number of amides is 2. The van der Waals surface area contributed by atoms with Crippen LogP contribution in [0.1, 0.15) is 34.5 Å². The summed E-state index contributed by atoms with van der Waals surface area (Å²) in [6, 6.07) is 17.8. The van der Waals surface area contributed by atoms with E-state index in [4.69, 9.17) is 4.74 Å². The van der Waals surface area contributed by atoms with Gasteiger partial charge >= 0.3 is 6.03 Å². The number of hydrogen-bond acceptors (Lipinski definition) is 5. The molecule has 8 heteroatoms. The third-order valence-corrected chi connectivity index (χ3v) is 6.73. The lowest BCUT2D eigenvalue weighted by Gasteiger charge is -2.23. The van der Waals surface area contributed by atoms with Crippen LogP contribution in [0.3, 0.4) is 0 Å². The molecular formula is C24H25N5O2S. The lowest BCUT2D eigenvalue weighted by Crippen LogP contribution is -2.40. The molecule has 1 aliphatic heterocycles. The molecule has 2 aromatic carbocycles. The maximum absolute atomic E-state index is 12.9. The third kappa shape index (κ3) is 4.45. The number of para-hydroxylation sites is 2. The van der Waals surface area contributed by atoms with Crippen molar-refractivity contribution in [1.29, 1.82) is 0 Å². The van der Waals surface area contributed by atoms with Crippen molar-refractivity contribution in [3.05, 3.63) is 76.4 Å². The second-order valence-electron chi connectivity index (χ2n) is 7.83. The first kappa shape index (κ1) is 20.5. The van der Waals surface area contributed by atoms with Crippen LogP contribution in [0, 0.1) is 0 Å². The number of H-pyrrole nitrogens is 1. The minimum absolute atomic E-state index is 0.0222. The fraction of sp³-hybridized carbons (Fsp3) is 0.292. The van der Waals surface area contributed by atoms with Crippen molar-refractivity contribution in [2.24, 2.45) is 0 Å². The summed E-state index contributed by atoms with van der Waals surface area (Å²) in [4.78, 5) is 18.0. The van der Waals surface area contributed by atoms with Gasteiger partial charge in [-0.15, -0.1) is 10.2 Å². The number of rotatable bonds is 7. The zero-order chi connectivity index (χ0) is 21.8. The van der Waals surface area contributed by atoms with Crippen molar-refractivity contribution < 1.29 is 9.53 Å². The number of urea groups is 1. The first-order valence-electron chi connectivity index (χ1n) is 10.9. The Labute approximate surface area is 190 Å². The van der Waals surface area contributed by atoms with Crippen molar-refractivity contribution in [2.75, 3.05) is 13.1 Å². The Balaban J connectivity index is 1.16. The molecule has 32 heavy (non-hydrogen) atoms. The molecular weight excluding hydrogens is 422 g/mol. The zero-order valence-electron chi connectivity index (χ0n) is 17.7. The zero-order valence-corrected chi connectivity index (χ0v) is 18.5. The minimum atomic E-state index is -0.0374. The molecule has 2 N–H and O–H groups in total. The fourth-order valence-corrected chi connectivity index (χ4v) is 5.04. The molecule has 5 rings (SSSR count). The number of fused-ring (bicyclic) bond motifs is 1. The van der Waals surface area contributed by atoms with Crippen molar-refractivity contribution in [2.45, 2.75) is 31.9 Å². The van der Waals surface area contributed by atoms with E-state index >= 15 is 0 Å². The van der Waals surface area contributed by atoms with Crippen molar-refractivity contribution in [3.63, 3.8) is 0 Å². The quantitative estimate of drug-likeness (QED) is 0.431. The second-order valence-corrected chi connectivity index (χ2v) is 8.92. The molecule has 4 aromatic rings. The second kappa shape index (κ2) is 9.40. The highest BCUT2D eigenvalue weighted by Crippen LogP contribution is 2.33. The molecule has 0 saturated carbocycles. The lowest BCUT2D eigenvalue weighted by molar-refractivity contribution is 0.193. The van der Waals surface area contributed by atoms with E-state index in [1.807, 2.05) is 53.6 Å². The summed E-state index contributed by atoms with van der Waals surface area (Å²) >= 11 is 1.52. The van der Waals surface area contributed by atoms with Crippen LogP contribution in [-0.2, 0) is 13.0 Å². The van der Waals surface area contributed by atoms with E-state index in [1.165, 1.54) is 22.3 Å². The number of aromatic amines is 1. The van der Waals surface area contributed by atoms with Crippen LogP contribution in [-0.4, -0.2) is 39.2 Å². The molecule has 1 atom stereocenters. The molecule has 1 saturated heterocycles. The SMILES string of the molecule is O=C(NCCc1c[nH]c2ccccc12)N1CCCC1c1nnc(COc2ccccc2)s1. The Kier molecular flexibility index (Phi) is 6.02. The summed E-state index contributed by atoms with van der Waals surface area (Å²) < 4.78 is 5.77. The van der Waals surface area contributed by atoms with Crippen LogP contribution >= 0.6 is 11.3 Å². The number of hydrogen-bond donors (Lipinski definition) is 2. The van der Waals surface area contributed by atoms with Crippen LogP contribution in [0.5, 0.6) is 5.75 Å². The number of benzene rings is 2. The van der Waals surface area contributed by atoms with Crippen LogP contribution in [0.15, 0.2) is 60.8 Å². The number of aromatic nitrogens is 3. The molecule has 2 amide bonds. The maximum atomic E-state index is 12.9. The molecule has 1 aliphatic rings. The Morgan fingerprint density at radius 1 is 1.16 bits per heavy atom. The van der Waals surface area contributed by atoms with Crippen LogP contribution in [0.25, 0.3) is 10.9 Å². The van der Waals surface area contributed by atoms with Gasteiger partial charge in [0.25, 0.3) is 0 Å². The summed E-state index contributed by atoms with van der Waals surface area (Å²) in [5, 5.41) is 14.6. The van der Waals surface area contributed by atoms with Gasteiger partial charge in [-0.2, -0.15) is 0 Å². The number of carbonyl (C=O) groups is 1. The number of ether oxygens (including phenoxy) is 1. The fourth-order valence-electron chi connectivity index (χ4n) is 4.13. The summed E-state index contributed by atoms with van der Waals surface area (Å²) in [6.45, 7) is 1.71. The van der Waals surface area contributed by atoms with Crippen molar-refractivity contribution in [1.82, 2.24) is 25.4 Å². The van der Waals surface area contributed by atoms with Gasteiger partial charge in [0.15, 0.2) is 5.01 Å². The van der Waals surface area contributed by atoms with Gasteiger partial charge in [-0.05, 0) is 43.0 Å². The smallest absolute Gasteiger partial charge is 0.318 e. The van der Waals surface area contributed by atoms with E-state index in [2.05, 4.69) is 32.6 Å². The van der Waals surface area contributed by atoms with Gasteiger partial charge in [-0.25, -0.2) is 4.79 Å². The van der Waals surface area contributed by atoms with Gasteiger partial charge in [0.05, 0.1) is 6.04 Å². The summed E-state index contributed by atoms with van der Waals surface area (Å²) in [5.74, 6) is 0.807. The van der Waals surface area contributed by atoms with Crippen molar-refractivity contribution >= 4 is 28.3 Å². The largest absolute Gasteiger partial charge is 0.486 e. The Hall–Kier alpha value is -3.39. The Morgan fingerprint density at radius 2 is 2.00 bits per heavy atom. The predicted octanol–water partition coefficient (Wildman–Crippen LogP) is 4.69.